The van der Waals surface area contributed by atoms with E-state index in [9.17, 15) is 14.4 Å². The molecule has 3 N–H and O–H groups in total. The van der Waals surface area contributed by atoms with Crippen molar-refractivity contribution in [2.24, 2.45) is 0 Å². The van der Waals surface area contributed by atoms with Crippen LogP contribution in [0.3, 0.4) is 0 Å². The molecule has 0 saturated carbocycles. The molecular weight excluding hydrogens is 344 g/mol. The Morgan fingerprint density at radius 1 is 1.22 bits per heavy atom. The van der Waals surface area contributed by atoms with E-state index in [-0.39, 0.29) is 29.7 Å². The van der Waals surface area contributed by atoms with Gasteiger partial charge < -0.3 is 15.6 Å². The van der Waals surface area contributed by atoms with Crippen LogP contribution in [0.5, 0.6) is 0 Å². The van der Waals surface area contributed by atoms with Crippen molar-refractivity contribution in [3.63, 3.8) is 0 Å². The van der Waals surface area contributed by atoms with Gasteiger partial charge in [-0.05, 0) is 39.7 Å². The summed E-state index contributed by atoms with van der Waals surface area (Å²) in [5, 5.41) is 5.75. The van der Waals surface area contributed by atoms with Crippen molar-refractivity contribution in [1.29, 1.82) is 0 Å². The Morgan fingerprint density at radius 3 is 2.41 bits per heavy atom. The number of likely N-dealkylation sites (N-methyl/N-ethyl adjacent to an activating group) is 1. The maximum absolute atomic E-state index is 12.8. The molecule has 0 aromatic carbocycles. The summed E-state index contributed by atoms with van der Waals surface area (Å²) < 4.78 is 0. The van der Waals surface area contributed by atoms with Crippen LogP contribution in [0.4, 0.5) is 0 Å². The Labute approximate surface area is 160 Å². The first-order valence-electron chi connectivity index (χ1n) is 9.25. The number of hydrogen-bond acceptors (Lipinski definition) is 4. The molecule has 0 radical (unpaired) electrons. The smallest absolute Gasteiger partial charge is 0.253 e. The van der Waals surface area contributed by atoms with Crippen LogP contribution in [0.2, 0.25) is 0 Å². The van der Waals surface area contributed by atoms with E-state index in [0.717, 1.165) is 0 Å². The molecule has 2 amide bonds. The molecule has 0 aliphatic carbocycles. The van der Waals surface area contributed by atoms with Crippen LogP contribution in [0.25, 0.3) is 0 Å². The number of ketones is 1. The number of likely N-dealkylation sites (tertiary alicyclic amines) is 1. The van der Waals surface area contributed by atoms with Crippen molar-refractivity contribution in [2.45, 2.75) is 53.1 Å². The van der Waals surface area contributed by atoms with Gasteiger partial charge in [0.2, 0.25) is 5.91 Å². The van der Waals surface area contributed by atoms with Crippen molar-refractivity contribution in [3.8, 4) is 0 Å². The van der Waals surface area contributed by atoms with Gasteiger partial charge in [-0.2, -0.15) is 0 Å². The quantitative estimate of drug-likeness (QED) is 0.522. The lowest BCUT2D eigenvalue weighted by molar-refractivity contribution is -0.124. The molecule has 2 rings (SSSR count). The predicted molar refractivity (Wildman–Crippen MR) is 105 cm³/mol. The highest BCUT2D eigenvalue weighted by atomic mass is 16.2. The zero-order chi connectivity index (χ0) is 20.3. The van der Waals surface area contributed by atoms with Gasteiger partial charge in [-0.25, -0.2) is 0 Å². The number of Topliss-reactive ketones (excluding diaryl/α,β-unsaturated/α-hetero) is 1. The van der Waals surface area contributed by atoms with Crippen molar-refractivity contribution in [2.75, 3.05) is 20.1 Å². The van der Waals surface area contributed by atoms with Gasteiger partial charge in [-0.1, -0.05) is 11.6 Å². The molecule has 7 heteroatoms. The van der Waals surface area contributed by atoms with Crippen LogP contribution < -0.4 is 10.6 Å². The molecule has 2 heterocycles. The summed E-state index contributed by atoms with van der Waals surface area (Å²) in [7, 11) is 1.63. The van der Waals surface area contributed by atoms with Crippen LogP contribution in [-0.4, -0.2) is 59.7 Å². The third-order valence-corrected chi connectivity index (χ3v) is 5.04. The third kappa shape index (κ3) is 4.66. The molecule has 0 spiro atoms. The van der Waals surface area contributed by atoms with Gasteiger partial charge in [-0.3, -0.25) is 19.3 Å². The standard InChI is InChI=1S/C20H30N4O3/c1-11(2)7-8-24-10-15(9-16(24)19(26)21-6)23-20(27)17-12(3)18(14(5)25)22-13(17)4/h7,15-16,22H,8-10H2,1-6H3,(H,21,26)(H,23,27)/t15-,16+/m1/s1. The van der Waals surface area contributed by atoms with Crippen molar-refractivity contribution >= 4 is 17.6 Å². The number of aromatic amines is 1. The van der Waals surface area contributed by atoms with E-state index < -0.39 is 0 Å². The number of carbonyl (C=O) groups is 3. The highest BCUT2D eigenvalue weighted by Gasteiger charge is 2.37. The summed E-state index contributed by atoms with van der Waals surface area (Å²) in [5.41, 5.74) is 3.52. The second-order valence-corrected chi connectivity index (χ2v) is 7.45. The van der Waals surface area contributed by atoms with Crippen molar-refractivity contribution in [3.05, 3.63) is 34.2 Å². The number of nitrogens with one attached hydrogen (secondary N) is 3. The minimum atomic E-state index is -0.267. The minimum Gasteiger partial charge on any atom is -0.358 e. The maximum Gasteiger partial charge on any atom is 0.253 e. The Bertz CT molecular complexity index is 774. The van der Waals surface area contributed by atoms with Crippen LogP contribution in [0.15, 0.2) is 11.6 Å². The second-order valence-electron chi connectivity index (χ2n) is 7.45. The molecule has 0 unspecified atom stereocenters. The van der Waals surface area contributed by atoms with E-state index >= 15 is 0 Å². The molecule has 1 aromatic rings. The molecule has 1 saturated heterocycles. The number of carbonyl (C=O) groups excluding carboxylic acids is 3. The fourth-order valence-electron chi connectivity index (χ4n) is 3.65. The number of hydrogen-bond donors (Lipinski definition) is 3. The molecule has 1 aliphatic rings. The fourth-order valence-corrected chi connectivity index (χ4v) is 3.65. The topological polar surface area (TPSA) is 94.3 Å². The van der Waals surface area contributed by atoms with E-state index in [1.807, 2.05) is 13.8 Å². The Balaban J connectivity index is 2.15. The zero-order valence-corrected chi connectivity index (χ0v) is 17.0. The normalized spacial score (nSPS) is 19.6. The SMILES string of the molecule is CNC(=O)[C@@H]1C[C@@H](NC(=O)c2c(C)[nH]c(C(C)=O)c2C)CN1CC=C(C)C. The molecule has 1 aromatic heterocycles. The summed E-state index contributed by atoms with van der Waals surface area (Å²) in [6.45, 7) is 10.4. The lowest BCUT2D eigenvalue weighted by Gasteiger charge is -2.21. The van der Waals surface area contributed by atoms with Gasteiger partial charge in [0.1, 0.15) is 0 Å². The highest BCUT2D eigenvalue weighted by molar-refractivity contribution is 6.02. The average Bonchev–Trinajstić information content (AvgIpc) is 3.12. The summed E-state index contributed by atoms with van der Waals surface area (Å²) in [5.74, 6) is -0.344. The van der Waals surface area contributed by atoms with Gasteiger partial charge in [0.25, 0.3) is 5.91 Å². The third-order valence-electron chi connectivity index (χ3n) is 5.04. The average molecular weight is 374 g/mol. The maximum atomic E-state index is 12.8. The number of nitrogens with zero attached hydrogens (tertiary/aromatic N) is 1. The number of allylic oxidation sites excluding steroid dienone is 1. The van der Waals surface area contributed by atoms with E-state index in [0.29, 0.717) is 42.0 Å². The first-order chi connectivity index (χ1) is 12.6. The van der Waals surface area contributed by atoms with Crippen LogP contribution >= 0.6 is 0 Å². The minimum absolute atomic E-state index is 0.0400. The predicted octanol–water partition coefficient (Wildman–Crippen LogP) is 1.72. The van der Waals surface area contributed by atoms with E-state index in [4.69, 9.17) is 0 Å². The molecule has 2 atom stereocenters. The van der Waals surface area contributed by atoms with Crippen molar-refractivity contribution in [1.82, 2.24) is 20.5 Å². The fraction of sp³-hybridized carbons (Fsp3) is 0.550. The van der Waals surface area contributed by atoms with Crippen LogP contribution in [0.1, 0.15) is 59.3 Å². The lowest BCUT2D eigenvalue weighted by Crippen LogP contribution is -2.42. The molecule has 27 heavy (non-hydrogen) atoms. The first kappa shape index (κ1) is 20.9. The molecule has 148 valence electrons. The monoisotopic (exact) mass is 374 g/mol. The lowest BCUT2D eigenvalue weighted by atomic mass is 10.1. The molecule has 7 nitrogen and oxygen atoms in total. The molecule has 1 aliphatic heterocycles. The first-order valence-corrected chi connectivity index (χ1v) is 9.25. The summed E-state index contributed by atoms with van der Waals surface area (Å²) in [6.07, 6.45) is 2.64. The van der Waals surface area contributed by atoms with Gasteiger partial charge >= 0.3 is 0 Å². The molecule has 1 fully saturated rings. The summed E-state index contributed by atoms with van der Waals surface area (Å²) in [6, 6.07) is -0.392. The summed E-state index contributed by atoms with van der Waals surface area (Å²) in [4.78, 5) is 41.8. The van der Waals surface area contributed by atoms with Crippen LogP contribution in [0, 0.1) is 13.8 Å². The number of H-pyrrole nitrogens is 1. The molecule has 0 bridgehead atoms. The number of amides is 2. The zero-order valence-electron chi connectivity index (χ0n) is 17.0. The Hall–Kier alpha value is -2.41. The largest absolute Gasteiger partial charge is 0.358 e. The van der Waals surface area contributed by atoms with E-state index in [2.05, 4.69) is 26.6 Å². The second kappa shape index (κ2) is 8.52. The Kier molecular flexibility index (Phi) is 6.59. The summed E-state index contributed by atoms with van der Waals surface area (Å²) >= 11 is 0. The van der Waals surface area contributed by atoms with Crippen molar-refractivity contribution < 1.29 is 14.4 Å². The molecular formula is C20H30N4O3. The van der Waals surface area contributed by atoms with Gasteiger partial charge in [-0.15, -0.1) is 0 Å². The number of aryl methyl sites for hydroxylation is 1. The van der Waals surface area contributed by atoms with Gasteiger partial charge in [0.15, 0.2) is 5.78 Å². The van der Waals surface area contributed by atoms with E-state index in [1.165, 1.54) is 12.5 Å². The highest BCUT2D eigenvalue weighted by Crippen LogP contribution is 2.22. The van der Waals surface area contributed by atoms with E-state index in [1.54, 1.807) is 20.9 Å². The number of aromatic nitrogens is 1. The van der Waals surface area contributed by atoms with Gasteiger partial charge in [0, 0.05) is 38.8 Å². The Morgan fingerprint density at radius 2 is 1.89 bits per heavy atom. The van der Waals surface area contributed by atoms with Crippen LogP contribution in [-0.2, 0) is 4.79 Å². The number of rotatable bonds is 6. The van der Waals surface area contributed by atoms with Gasteiger partial charge in [0.05, 0.1) is 17.3 Å².